The van der Waals surface area contributed by atoms with E-state index < -0.39 is 0 Å². The van der Waals surface area contributed by atoms with Gasteiger partial charge in [-0.15, -0.1) is 0 Å². The number of carbonyl (C=O) groups excluding carboxylic acids is 2. The van der Waals surface area contributed by atoms with E-state index >= 15 is 0 Å². The Bertz CT molecular complexity index is 471. The third-order valence-electron chi connectivity index (χ3n) is 3.19. The number of hydrogen-bond donors (Lipinski definition) is 2. The number of rotatable bonds is 6. The van der Waals surface area contributed by atoms with E-state index in [1.807, 2.05) is 24.3 Å². The van der Waals surface area contributed by atoms with Gasteiger partial charge in [0.15, 0.2) is 0 Å². The average Bonchev–Trinajstić information content (AvgIpc) is 2.45. The Hall–Kier alpha value is -1.88. The topological polar surface area (TPSA) is 67.4 Å². The van der Waals surface area contributed by atoms with Crippen LogP contribution in [0.5, 0.6) is 5.75 Å². The molecular weight excluding hydrogens is 256 g/mol. The molecule has 1 unspecified atom stereocenters. The minimum Gasteiger partial charge on any atom is -0.494 e. The molecule has 1 aliphatic rings. The van der Waals surface area contributed by atoms with Crippen molar-refractivity contribution in [2.45, 2.75) is 38.8 Å². The lowest BCUT2D eigenvalue weighted by atomic mass is 10.1. The summed E-state index contributed by atoms with van der Waals surface area (Å²) in [5.41, 5.74) is 1.08. The molecule has 5 heteroatoms. The molecule has 0 bridgehead atoms. The molecule has 2 N–H and O–H groups in total. The fourth-order valence-corrected chi connectivity index (χ4v) is 2.05. The van der Waals surface area contributed by atoms with Crippen molar-refractivity contribution in [3.8, 4) is 5.75 Å². The average molecular weight is 276 g/mol. The fourth-order valence-electron chi connectivity index (χ4n) is 2.05. The quantitative estimate of drug-likeness (QED) is 0.770. The SMILES string of the molecule is CCCOc1ccc(CNC2CCC(=O)NC2=O)cc1. The number of nitrogens with one attached hydrogen (secondary N) is 2. The van der Waals surface area contributed by atoms with Gasteiger partial charge >= 0.3 is 0 Å². The van der Waals surface area contributed by atoms with E-state index in [0.717, 1.165) is 17.7 Å². The van der Waals surface area contributed by atoms with Gasteiger partial charge in [-0.3, -0.25) is 14.9 Å². The molecule has 0 spiro atoms. The minimum absolute atomic E-state index is 0.189. The lowest BCUT2D eigenvalue weighted by Gasteiger charge is -2.21. The van der Waals surface area contributed by atoms with Gasteiger partial charge in [-0.25, -0.2) is 0 Å². The highest BCUT2D eigenvalue weighted by Crippen LogP contribution is 2.13. The number of ether oxygens (including phenoxy) is 1. The molecule has 1 aromatic rings. The molecule has 0 aliphatic carbocycles. The normalized spacial score (nSPS) is 18.8. The zero-order valence-electron chi connectivity index (χ0n) is 11.6. The van der Waals surface area contributed by atoms with Gasteiger partial charge < -0.3 is 10.1 Å². The Labute approximate surface area is 118 Å². The summed E-state index contributed by atoms with van der Waals surface area (Å²) in [7, 11) is 0. The summed E-state index contributed by atoms with van der Waals surface area (Å²) < 4.78 is 5.51. The number of piperidine rings is 1. The molecule has 2 rings (SSSR count). The van der Waals surface area contributed by atoms with Gasteiger partial charge in [0.05, 0.1) is 12.6 Å². The zero-order valence-corrected chi connectivity index (χ0v) is 11.6. The predicted molar refractivity (Wildman–Crippen MR) is 75.2 cm³/mol. The standard InChI is InChI=1S/C15H20N2O3/c1-2-9-20-12-5-3-11(4-6-12)10-16-13-7-8-14(18)17-15(13)19/h3-6,13,16H,2,7-10H2,1H3,(H,17,18,19). The molecule has 1 saturated heterocycles. The summed E-state index contributed by atoms with van der Waals surface area (Å²) in [6.07, 6.45) is 1.94. The van der Waals surface area contributed by atoms with Gasteiger partial charge in [-0.2, -0.15) is 0 Å². The highest BCUT2D eigenvalue weighted by atomic mass is 16.5. The largest absolute Gasteiger partial charge is 0.494 e. The van der Waals surface area contributed by atoms with Crippen molar-refractivity contribution in [2.75, 3.05) is 6.61 Å². The second-order valence-electron chi connectivity index (χ2n) is 4.88. The van der Waals surface area contributed by atoms with Crippen LogP contribution in [0.2, 0.25) is 0 Å². The van der Waals surface area contributed by atoms with Crippen molar-refractivity contribution >= 4 is 11.8 Å². The number of imide groups is 1. The van der Waals surface area contributed by atoms with E-state index in [9.17, 15) is 9.59 Å². The van der Waals surface area contributed by atoms with Crippen LogP contribution >= 0.6 is 0 Å². The molecule has 5 nitrogen and oxygen atoms in total. The molecule has 0 saturated carbocycles. The van der Waals surface area contributed by atoms with Crippen LogP contribution in [-0.4, -0.2) is 24.5 Å². The Morgan fingerprint density at radius 3 is 2.70 bits per heavy atom. The second kappa shape index (κ2) is 7.05. The molecular formula is C15H20N2O3. The lowest BCUT2D eigenvalue weighted by molar-refractivity contribution is -0.134. The third kappa shape index (κ3) is 4.06. The Balaban J connectivity index is 1.81. The molecule has 1 fully saturated rings. The molecule has 1 aliphatic heterocycles. The monoisotopic (exact) mass is 276 g/mol. The summed E-state index contributed by atoms with van der Waals surface area (Å²) in [6, 6.07) is 7.52. The summed E-state index contributed by atoms with van der Waals surface area (Å²) in [5, 5.41) is 5.50. The Morgan fingerprint density at radius 2 is 2.05 bits per heavy atom. The maximum absolute atomic E-state index is 11.6. The lowest BCUT2D eigenvalue weighted by Crippen LogP contribution is -2.50. The number of carbonyl (C=O) groups is 2. The molecule has 108 valence electrons. The van der Waals surface area contributed by atoms with Gasteiger partial charge in [0.25, 0.3) is 0 Å². The molecule has 20 heavy (non-hydrogen) atoms. The first-order valence-corrected chi connectivity index (χ1v) is 6.98. The van der Waals surface area contributed by atoms with Crippen LogP contribution in [0.1, 0.15) is 31.7 Å². The van der Waals surface area contributed by atoms with Crippen molar-refractivity contribution in [3.05, 3.63) is 29.8 Å². The molecule has 0 radical (unpaired) electrons. The Kier molecular flexibility index (Phi) is 5.12. The first-order valence-electron chi connectivity index (χ1n) is 6.98. The van der Waals surface area contributed by atoms with Gasteiger partial charge in [-0.05, 0) is 30.5 Å². The van der Waals surface area contributed by atoms with Crippen LogP contribution in [0.4, 0.5) is 0 Å². The summed E-state index contributed by atoms with van der Waals surface area (Å²) in [6.45, 7) is 3.38. The molecule has 1 aromatic carbocycles. The summed E-state index contributed by atoms with van der Waals surface area (Å²) in [4.78, 5) is 22.6. The molecule has 1 atom stereocenters. The van der Waals surface area contributed by atoms with Crippen LogP contribution in [0, 0.1) is 0 Å². The smallest absolute Gasteiger partial charge is 0.243 e. The van der Waals surface area contributed by atoms with Crippen molar-refractivity contribution < 1.29 is 14.3 Å². The van der Waals surface area contributed by atoms with Crippen molar-refractivity contribution in [1.82, 2.24) is 10.6 Å². The van der Waals surface area contributed by atoms with E-state index in [-0.39, 0.29) is 17.9 Å². The summed E-state index contributed by atoms with van der Waals surface area (Å²) in [5.74, 6) is 0.436. The highest BCUT2D eigenvalue weighted by molar-refractivity contribution is 6.00. The molecule has 2 amide bonds. The van der Waals surface area contributed by atoms with Crippen LogP contribution < -0.4 is 15.4 Å². The van der Waals surface area contributed by atoms with Crippen molar-refractivity contribution in [1.29, 1.82) is 0 Å². The maximum atomic E-state index is 11.6. The van der Waals surface area contributed by atoms with E-state index in [2.05, 4.69) is 17.6 Å². The van der Waals surface area contributed by atoms with E-state index in [4.69, 9.17) is 4.74 Å². The molecule has 0 aromatic heterocycles. The van der Waals surface area contributed by atoms with Gasteiger partial charge in [0.2, 0.25) is 11.8 Å². The first kappa shape index (κ1) is 14.5. The number of hydrogen-bond acceptors (Lipinski definition) is 4. The fraction of sp³-hybridized carbons (Fsp3) is 0.467. The van der Waals surface area contributed by atoms with E-state index in [0.29, 0.717) is 26.0 Å². The van der Waals surface area contributed by atoms with Crippen molar-refractivity contribution in [3.63, 3.8) is 0 Å². The van der Waals surface area contributed by atoms with Gasteiger partial charge in [-0.1, -0.05) is 19.1 Å². The Morgan fingerprint density at radius 1 is 1.30 bits per heavy atom. The second-order valence-corrected chi connectivity index (χ2v) is 4.88. The number of amides is 2. The van der Waals surface area contributed by atoms with Gasteiger partial charge in [0, 0.05) is 13.0 Å². The maximum Gasteiger partial charge on any atom is 0.243 e. The highest BCUT2D eigenvalue weighted by Gasteiger charge is 2.25. The van der Waals surface area contributed by atoms with Crippen molar-refractivity contribution in [2.24, 2.45) is 0 Å². The van der Waals surface area contributed by atoms with E-state index in [1.54, 1.807) is 0 Å². The van der Waals surface area contributed by atoms with Crippen LogP contribution in [0.15, 0.2) is 24.3 Å². The summed E-state index contributed by atoms with van der Waals surface area (Å²) >= 11 is 0. The van der Waals surface area contributed by atoms with E-state index in [1.165, 1.54) is 0 Å². The van der Waals surface area contributed by atoms with Crippen LogP contribution in [0.25, 0.3) is 0 Å². The molecule has 1 heterocycles. The third-order valence-corrected chi connectivity index (χ3v) is 3.19. The van der Waals surface area contributed by atoms with Gasteiger partial charge in [0.1, 0.15) is 5.75 Å². The number of benzene rings is 1. The predicted octanol–water partition coefficient (Wildman–Crippen LogP) is 1.37. The first-order chi connectivity index (χ1) is 9.69. The zero-order chi connectivity index (χ0) is 14.4. The minimum atomic E-state index is -0.288. The van der Waals surface area contributed by atoms with Crippen LogP contribution in [0.3, 0.4) is 0 Å². The van der Waals surface area contributed by atoms with Crippen LogP contribution in [-0.2, 0) is 16.1 Å².